The maximum Gasteiger partial charge on any atom is 0.407 e. The van der Waals surface area contributed by atoms with Crippen LogP contribution in [0.1, 0.15) is 57.1 Å². The Morgan fingerprint density at radius 2 is 1.79 bits per heavy atom. The van der Waals surface area contributed by atoms with Crippen LogP contribution in [0.25, 0.3) is 10.2 Å². The first-order valence-electron chi connectivity index (χ1n) is 12.0. The number of H-pyrrole nitrogens is 1. The minimum atomic E-state index is -0.436. The lowest BCUT2D eigenvalue weighted by Gasteiger charge is -2.25. The highest BCUT2D eigenvalue weighted by molar-refractivity contribution is 7.16. The van der Waals surface area contributed by atoms with Gasteiger partial charge in [0.25, 0.3) is 0 Å². The Morgan fingerprint density at radius 1 is 1.06 bits per heavy atom. The third-order valence-corrected chi connectivity index (χ3v) is 6.80. The number of aryl methyl sites for hydroxylation is 1. The van der Waals surface area contributed by atoms with Crippen molar-refractivity contribution in [1.29, 1.82) is 0 Å². The summed E-state index contributed by atoms with van der Waals surface area (Å²) in [5.74, 6) is 0.0798. The number of aromatic hydroxyl groups is 1. The van der Waals surface area contributed by atoms with Gasteiger partial charge in [-0.05, 0) is 42.9 Å². The molecule has 0 aliphatic heterocycles. The zero-order chi connectivity index (χ0) is 24.3. The van der Waals surface area contributed by atoms with Crippen LogP contribution in [0.5, 0.6) is 5.75 Å². The number of benzene rings is 2. The molecule has 1 unspecified atom stereocenters. The van der Waals surface area contributed by atoms with E-state index in [1.54, 1.807) is 6.07 Å². The van der Waals surface area contributed by atoms with Gasteiger partial charge >= 0.3 is 11.0 Å². The fourth-order valence-corrected chi connectivity index (χ4v) is 5.05. The van der Waals surface area contributed by atoms with Crippen molar-refractivity contribution in [2.75, 3.05) is 6.61 Å². The summed E-state index contributed by atoms with van der Waals surface area (Å²) in [6.07, 6.45) is 5.29. The van der Waals surface area contributed by atoms with Crippen molar-refractivity contribution in [2.45, 2.75) is 71.0 Å². The minimum Gasteiger partial charge on any atom is -0.506 e. The highest BCUT2D eigenvalue weighted by Gasteiger charge is 2.18. The van der Waals surface area contributed by atoms with Crippen molar-refractivity contribution in [3.05, 3.63) is 63.3 Å². The van der Waals surface area contributed by atoms with E-state index in [1.165, 1.54) is 0 Å². The maximum atomic E-state index is 12.3. The number of thiazole rings is 1. The minimum absolute atomic E-state index is 0.0231. The molecule has 1 amide bonds. The standard InChI is InChI=1S/C26H35N3O4S/c1-3-8-20(9-4-2)28-21(17-33-25(31)27-16-18-10-6-5-7-11-18)14-12-19-13-15-22(30)23-24(19)34-26(32)29-23/h5-7,10-11,13,15,20-21,28,30H,3-4,8-9,12,14,16-17H2,1-2H3,(H,27,31)(H,29,32). The normalized spacial score (nSPS) is 12.2. The van der Waals surface area contributed by atoms with Crippen molar-refractivity contribution < 1.29 is 14.6 Å². The number of hydrogen-bond donors (Lipinski definition) is 4. The Balaban J connectivity index is 1.63. The molecular weight excluding hydrogens is 450 g/mol. The van der Waals surface area contributed by atoms with Gasteiger partial charge in [0.15, 0.2) is 0 Å². The first-order valence-corrected chi connectivity index (χ1v) is 12.9. The average molecular weight is 486 g/mol. The molecule has 4 N–H and O–H groups in total. The van der Waals surface area contributed by atoms with E-state index in [0.717, 1.165) is 59.3 Å². The van der Waals surface area contributed by atoms with E-state index >= 15 is 0 Å². The molecule has 184 valence electrons. The van der Waals surface area contributed by atoms with Gasteiger partial charge in [-0.1, -0.05) is 74.4 Å². The molecular formula is C26H35N3O4S. The number of phenols is 1. The van der Waals surface area contributed by atoms with Gasteiger partial charge in [-0.25, -0.2) is 4.79 Å². The molecule has 3 aromatic rings. The molecule has 0 bridgehead atoms. The van der Waals surface area contributed by atoms with Gasteiger partial charge < -0.3 is 25.5 Å². The van der Waals surface area contributed by atoms with Crippen molar-refractivity contribution in [1.82, 2.24) is 15.6 Å². The zero-order valence-corrected chi connectivity index (χ0v) is 20.7. The Morgan fingerprint density at radius 3 is 2.50 bits per heavy atom. The molecule has 0 radical (unpaired) electrons. The predicted molar refractivity (Wildman–Crippen MR) is 138 cm³/mol. The van der Waals surface area contributed by atoms with E-state index < -0.39 is 6.09 Å². The zero-order valence-electron chi connectivity index (χ0n) is 19.9. The Kier molecular flexibility index (Phi) is 9.97. The van der Waals surface area contributed by atoms with Crippen LogP contribution in [-0.4, -0.2) is 34.9 Å². The second kappa shape index (κ2) is 13.2. The van der Waals surface area contributed by atoms with Crippen LogP contribution in [0.4, 0.5) is 4.79 Å². The van der Waals surface area contributed by atoms with Gasteiger partial charge in [0.1, 0.15) is 17.9 Å². The highest BCUT2D eigenvalue weighted by atomic mass is 32.1. The van der Waals surface area contributed by atoms with Crippen molar-refractivity contribution in [3.63, 3.8) is 0 Å². The van der Waals surface area contributed by atoms with E-state index in [4.69, 9.17) is 4.74 Å². The number of amides is 1. The number of aromatic nitrogens is 1. The first kappa shape index (κ1) is 25.8. The molecule has 0 saturated heterocycles. The lowest BCUT2D eigenvalue weighted by molar-refractivity contribution is 0.127. The maximum absolute atomic E-state index is 12.3. The van der Waals surface area contributed by atoms with Gasteiger partial charge in [0, 0.05) is 18.6 Å². The summed E-state index contributed by atoms with van der Waals surface area (Å²) in [7, 11) is 0. The van der Waals surface area contributed by atoms with Crippen molar-refractivity contribution >= 4 is 27.6 Å². The third kappa shape index (κ3) is 7.60. The first-order chi connectivity index (χ1) is 16.5. The molecule has 0 saturated carbocycles. The summed E-state index contributed by atoms with van der Waals surface area (Å²) in [4.78, 5) is 26.7. The van der Waals surface area contributed by atoms with Gasteiger partial charge in [-0.2, -0.15) is 0 Å². The molecule has 0 aliphatic rings. The van der Waals surface area contributed by atoms with Gasteiger partial charge in [0.05, 0.1) is 4.70 Å². The quantitative estimate of drug-likeness (QED) is 0.270. The van der Waals surface area contributed by atoms with E-state index in [2.05, 4.69) is 29.5 Å². The van der Waals surface area contributed by atoms with Crippen molar-refractivity contribution in [3.8, 4) is 5.75 Å². The number of phenolic OH excluding ortho intramolecular Hbond substituents is 1. The van der Waals surface area contributed by atoms with Crippen LogP contribution in [0.2, 0.25) is 0 Å². The Hall–Kier alpha value is -2.84. The Bertz CT molecular complexity index is 1090. The van der Waals surface area contributed by atoms with Crippen LogP contribution in [0, 0.1) is 0 Å². The number of aromatic amines is 1. The summed E-state index contributed by atoms with van der Waals surface area (Å²) in [5, 5.41) is 16.6. The molecule has 1 heterocycles. The van der Waals surface area contributed by atoms with Gasteiger partial charge in [-0.3, -0.25) is 4.79 Å². The molecule has 1 atom stereocenters. The number of alkyl carbamates (subject to hydrolysis) is 1. The van der Waals surface area contributed by atoms with E-state index in [9.17, 15) is 14.7 Å². The molecule has 7 nitrogen and oxygen atoms in total. The number of carbonyl (C=O) groups excluding carboxylic acids is 1. The predicted octanol–water partition coefficient (Wildman–Crippen LogP) is 5.08. The smallest absolute Gasteiger partial charge is 0.407 e. The SMILES string of the molecule is CCCC(CCC)NC(CCc1ccc(O)c2[nH]c(=O)sc12)COC(=O)NCc1ccccc1. The van der Waals surface area contributed by atoms with Gasteiger partial charge in [0.2, 0.25) is 0 Å². The second-order valence-electron chi connectivity index (χ2n) is 8.58. The lowest BCUT2D eigenvalue weighted by atomic mass is 10.0. The largest absolute Gasteiger partial charge is 0.506 e. The monoisotopic (exact) mass is 485 g/mol. The highest BCUT2D eigenvalue weighted by Crippen LogP contribution is 2.28. The summed E-state index contributed by atoms with van der Waals surface area (Å²) in [5.41, 5.74) is 2.50. The van der Waals surface area contributed by atoms with E-state index in [0.29, 0.717) is 24.5 Å². The van der Waals surface area contributed by atoms with Crippen LogP contribution in [-0.2, 0) is 17.7 Å². The van der Waals surface area contributed by atoms with Crippen LogP contribution >= 0.6 is 11.3 Å². The molecule has 0 fully saturated rings. The number of nitrogens with one attached hydrogen (secondary N) is 3. The fourth-order valence-electron chi connectivity index (χ4n) is 4.15. The summed E-state index contributed by atoms with van der Waals surface area (Å²) < 4.78 is 6.36. The number of carbonyl (C=O) groups is 1. The Labute approximate surface area is 204 Å². The molecule has 0 aliphatic carbocycles. The molecule has 3 rings (SSSR count). The number of fused-ring (bicyclic) bond motifs is 1. The number of rotatable bonds is 13. The fraction of sp³-hybridized carbons (Fsp3) is 0.462. The topological polar surface area (TPSA) is 103 Å². The van der Waals surface area contributed by atoms with Gasteiger partial charge in [-0.15, -0.1) is 0 Å². The second-order valence-corrected chi connectivity index (χ2v) is 9.56. The summed E-state index contributed by atoms with van der Waals surface area (Å²) in [6.45, 7) is 5.03. The van der Waals surface area contributed by atoms with E-state index in [1.807, 2.05) is 36.4 Å². The summed E-state index contributed by atoms with van der Waals surface area (Å²) in [6, 6.07) is 13.5. The third-order valence-electron chi connectivity index (χ3n) is 5.84. The number of ether oxygens (including phenoxy) is 1. The van der Waals surface area contributed by atoms with Crippen LogP contribution in [0.15, 0.2) is 47.3 Å². The van der Waals surface area contributed by atoms with Crippen molar-refractivity contribution in [2.24, 2.45) is 0 Å². The molecule has 0 spiro atoms. The molecule has 8 heteroatoms. The molecule has 2 aromatic carbocycles. The van der Waals surface area contributed by atoms with Crippen LogP contribution < -0.4 is 15.5 Å². The molecule has 34 heavy (non-hydrogen) atoms. The summed E-state index contributed by atoms with van der Waals surface area (Å²) >= 11 is 1.11. The lowest BCUT2D eigenvalue weighted by Crippen LogP contribution is -2.42. The van der Waals surface area contributed by atoms with Crippen LogP contribution in [0.3, 0.4) is 0 Å². The van der Waals surface area contributed by atoms with E-state index in [-0.39, 0.29) is 23.3 Å². The molecule has 1 aromatic heterocycles. The number of hydrogen-bond acceptors (Lipinski definition) is 6. The average Bonchev–Trinajstić information content (AvgIpc) is 3.24.